The predicted octanol–water partition coefficient (Wildman–Crippen LogP) is 0.0762. The van der Waals surface area contributed by atoms with Crippen molar-refractivity contribution >= 4 is 5.95 Å². The highest BCUT2D eigenvalue weighted by molar-refractivity contribution is 5.11. The summed E-state index contributed by atoms with van der Waals surface area (Å²) in [5.41, 5.74) is 5.14. The molecule has 1 aromatic heterocycles. The van der Waals surface area contributed by atoms with Crippen LogP contribution in [0.15, 0.2) is 18.5 Å². The zero-order valence-corrected chi connectivity index (χ0v) is 4.60. The molecular formula is C4H7N3O2. The first kappa shape index (κ1) is 7.80. The van der Waals surface area contributed by atoms with Gasteiger partial charge in [-0.05, 0) is 6.07 Å². The van der Waals surface area contributed by atoms with E-state index >= 15 is 0 Å². The zero-order valence-electron chi connectivity index (χ0n) is 4.60. The summed E-state index contributed by atoms with van der Waals surface area (Å²) < 4.78 is 0. The van der Waals surface area contributed by atoms with Crippen LogP contribution in [0.25, 0.3) is 0 Å². The van der Waals surface area contributed by atoms with Gasteiger partial charge >= 0.3 is 0 Å². The number of hydrogen-bond acceptors (Lipinski definition) is 5. The molecule has 0 saturated heterocycles. The second-order valence-electron chi connectivity index (χ2n) is 1.11. The number of hydrogen-bond donors (Lipinski definition) is 3. The highest BCUT2D eigenvalue weighted by Gasteiger charge is 1.75. The van der Waals surface area contributed by atoms with Crippen LogP contribution < -0.4 is 5.73 Å². The predicted molar refractivity (Wildman–Crippen MR) is 31.7 cm³/mol. The number of nitrogens with two attached hydrogens (primary N) is 1. The molecular weight excluding hydrogens is 122 g/mol. The van der Waals surface area contributed by atoms with Crippen molar-refractivity contribution in [2.24, 2.45) is 0 Å². The van der Waals surface area contributed by atoms with Gasteiger partial charge < -0.3 is 5.73 Å². The third-order valence-electron chi connectivity index (χ3n) is 0.586. The Balaban J connectivity index is 0.000000291. The van der Waals surface area contributed by atoms with Crippen molar-refractivity contribution in [1.82, 2.24) is 9.97 Å². The molecule has 4 N–H and O–H groups in total. The van der Waals surface area contributed by atoms with E-state index in [4.69, 9.17) is 16.2 Å². The number of aromatic nitrogens is 2. The highest BCUT2D eigenvalue weighted by Crippen LogP contribution is 1.81. The Hall–Kier alpha value is -1.20. The van der Waals surface area contributed by atoms with Gasteiger partial charge in [0.1, 0.15) is 0 Å². The summed E-state index contributed by atoms with van der Waals surface area (Å²) in [5.74, 6) is 0.322. The van der Waals surface area contributed by atoms with E-state index < -0.39 is 0 Å². The molecule has 0 atom stereocenters. The summed E-state index contributed by atoms with van der Waals surface area (Å²) in [5, 5.41) is 12.0. The van der Waals surface area contributed by atoms with Crippen LogP contribution in [0.5, 0.6) is 0 Å². The quantitative estimate of drug-likeness (QED) is 0.340. The topological polar surface area (TPSA) is 92.3 Å². The van der Waals surface area contributed by atoms with Crippen molar-refractivity contribution in [1.29, 1.82) is 0 Å². The van der Waals surface area contributed by atoms with Gasteiger partial charge in [-0.25, -0.2) is 9.97 Å². The zero-order chi connectivity index (χ0) is 7.11. The normalized spacial score (nSPS) is 7.33. The summed E-state index contributed by atoms with van der Waals surface area (Å²) in [6.45, 7) is 0. The summed E-state index contributed by atoms with van der Waals surface area (Å²) in [4.78, 5) is 7.29. The maximum Gasteiger partial charge on any atom is 0.219 e. The van der Waals surface area contributed by atoms with Crippen LogP contribution in [0.2, 0.25) is 0 Å². The molecule has 9 heavy (non-hydrogen) atoms. The molecule has 0 fully saturated rings. The molecule has 5 nitrogen and oxygen atoms in total. The number of anilines is 1. The molecule has 0 unspecified atom stereocenters. The number of nitrogens with zero attached hydrogens (tertiary/aromatic N) is 2. The molecule has 0 saturated carbocycles. The fourth-order valence-electron chi connectivity index (χ4n) is 0.311. The van der Waals surface area contributed by atoms with Crippen molar-refractivity contribution in [2.75, 3.05) is 5.73 Å². The van der Waals surface area contributed by atoms with E-state index in [2.05, 4.69) is 9.97 Å². The Bertz CT molecular complexity index is 144. The van der Waals surface area contributed by atoms with E-state index in [9.17, 15) is 0 Å². The van der Waals surface area contributed by atoms with Crippen LogP contribution in [0, 0.1) is 0 Å². The molecule has 0 amide bonds. The lowest BCUT2D eigenvalue weighted by atomic mass is 10.7. The Morgan fingerprint density at radius 1 is 1.22 bits per heavy atom. The van der Waals surface area contributed by atoms with E-state index in [1.807, 2.05) is 0 Å². The Labute approximate surface area is 51.7 Å². The fraction of sp³-hybridized carbons (Fsp3) is 0. The number of nitrogen functional groups attached to an aromatic ring is 1. The van der Waals surface area contributed by atoms with Gasteiger partial charge in [-0.2, -0.15) is 0 Å². The molecule has 1 rings (SSSR count). The van der Waals surface area contributed by atoms with Gasteiger partial charge in [0.25, 0.3) is 0 Å². The molecule has 1 heterocycles. The van der Waals surface area contributed by atoms with Gasteiger partial charge in [0.2, 0.25) is 5.95 Å². The Morgan fingerprint density at radius 3 is 1.89 bits per heavy atom. The first-order valence-electron chi connectivity index (χ1n) is 2.12. The summed E-state index contributed by atoms with van der Waals surface area (Å²) in [6.07, 6.45) is 3.20. The molecule has 0 aliphatic heterocycles. The molecule has 0 spiro atoms. The average molecular weight is 129 g/mol. The van der Waals surface area contributed by atoms with Gasteiger partial charge in [-0.1, -0.05) is 0 Å². The van der Waals surface area contributed by atoms with Crippen molar-refractivity contribution in [2.45, 2.75) is 0 Å². The van der Waals surface area contributed by atoms with Crippen molar-refractivity contribution < 1.29 is 10.5 Å². The molecule has 5 heteroatoms. The maximum absolute atomic E-state index is 6.00. The molecule has 0 aliphatic rings. The van der Waals surface area contributed by atoms with Gasteiger partial charge in [0, 0.05) is 12.4 Å². The molecule has 0 bridgehead atoms. The van der Waals surface area contributed by atoms with E-state index in [1.54, 1.807) is 18.5 Å². The van der Waals surface area contributed by atoms with E-state index in [0.29, 0.717) is 5.95 Å². The van der Waals surface area contributed by atoms with Crippen LogP contribution in [-0.4, -0.2) is 20.5 Å². The highest BCUT2D eigenvalue weighted by atomic mass is 17.0. The van der Waals surface area contributed by atoms with Crippen molar-refractivity contribution in [3.63, 3.8) is 0 Å². The van der Waals surface area contributed by atoms with Crippen LogP contribution in [0.3, 0.4) is 0 Å². The fourth-order valence-corrected chi connectivity index (χ4v) is 0.311. The largest absolute Gasteiger partial charge is 0.368 e. The lowest BCUT2D eigenvalue weighted by Crippen LogP contribution is -1.90. The minimum Gasteiger partial charge on any atom is -0.368 e. The minimum atomic E-state index is 0.322. The number of rotatable bonds is 0. The second-order valence-corrected chi connectivity index (χ2v) is 1.11. The van der Waals surface area contributed by atoms with Crippen molar-refractivity contribution in [3.05, 3.63) is 18.5 Å². The SMILES string of the molecule is Nc1ncccn1.OO. The lowest BCUT2D eigenvalue weighted by Gasteiger charge is -1.82. The second kappa shape index (κ2) is 4.95. The standard InChI is InChI=1S/C4H5N3.H2O2/c5-4-6-2-1-3-7-4;1-2/h1-3H,(H2,5,6,7);1-2H. The van der Waals surface area contributed by atoms with E-state index in [1.165, 1.54) is 0 Å². The van der Waals surface area contributed by atoms with Crippen LogP contribution >= 0.6 is 0 Å². The minimum absolute atomic E-state index is 0.322. The third kappa shape index (κ3) is 3.39. The van der Waals surface area contributed by atoms with E-state index in [-0.39, 0.29) is 0 Å². The molecule has 0 aromatic carbocycles. The monoisotopic (exact) mass is 129 g/mol. The Morgan fingerprint density at radius 2 is 1.67 bits per heavy atom. The van der Waals surface area contributed by atoms with Crippen LogP contribution in [-0.2, 0) is 0 Å². The van der Waals surface area contributed by atoms with Crippen molar-refractivity contribution in [3.8, 4) is 0 Å². The summed E-state index contributed by atoms with van der Waals surface area (Å²) in [7, 11) is 0. The lowest BCUT2D eigenvalue weighted by molar-refractivity contribution is -0.176. The Kier molecular flexibility index (Phi) is 4.29. The van der Waals surface area contributed by atoms with Gasteiger partial charge in [0.05, 0.1) is 0 Å². The van der Waals surface area contributed by atoms with Crippen LogP contribution in [0.1, 0.15) is 0 Å². The maximum atomic E-state index is 6.00. The summed E-state index contributed by atoms with van der Waals surface area (Å²) >= 11 is 0. The third-order valence-corrected chi connectivity index (χ3v) is 0.586. The molecule has 1 aromatic rings. The van der Waals surface area contributed by atoms with Gasteiger partial charge in [-0.3, -0.25) is 10.5 Å². The average Bonchev–Trinajstić information content (AvgIpc) is 1.94. The first-order valence-corrected chi connectivity index (χ1v) is 2.12. The first-order chi connectivity index (χ1) is 4.39. The molecule has 0 radical (unpaired) electrons. The molecule has 0 aliphatic carbocycles. The van der Waals surface area contributed by atoms with Gasteiger partial charge in [-0.15, -0.1) is 0 Å². The smallest absolute Gasteiger partial charge is 0.219 e. The molecule has 50 valence electrons. The summed E-state index contributed by atoms with van der Waals surface area (Å²) in [6, 6.07) is 1.72. The van der Waals surface area contributed by atoms with Crippen LogP contribution in [0.4, 0.5) is 5.95 Å². The van der Waals surface area contributed by atoms with Gasteiger partial charge in [0.15, 0.2) is 0 Å². The van der Waals surface area contributed by atoms with E-state index in [0.717, 1.165) is 0 Å².